The van der Waals surface area contributed by atoms with Crippen molar-refractivity contribution in [1.82, 2.24) is 20.1 Å². The van der Waals surface area contributed by atoms with Crippen LogP contribution in [0, 0.1) is 11.8 Å². The fourth-order valence-corrected chi connectivity index (χ4v) is 7.01. The minimum Gasteiger partial charge on any atom is -0.361 e. The lowest BCUT2D eigenvalue weighted by Gasteiger charge is -2.38. The standard InChI is InChI=1S/C36H40ClN5O3/c1-40(2)22-24-18-27-12-13-29(37)20-33(27)42(23-24)36(45)32(19-28-21-38-31-11-7-6-10-30(28)31)39-34(43)25-14-16-41(17-15-25)35(44)26-8-4-3-5-9-26/h3-13,20-21,24-25,32,38H,14-19,22-23H2,1-2H3,(H,39,43)/t24?,32-/m1/s1. The second kappa shape index (κ2) is 13.5. The predicted octanol–water partition coefficient (Wildman–Crippen LogP) is 5.17. The minimum absolute atomic E-state index is 0.0171. The first-order valence-corrected chi connectivity index (χ1v) is 16.1. The third kappa shape index (κ3) is 6.92. The summed E-state index contributed by atoms with van der Waals surface area (Å²) in [5, 5.41) is 4.78. The SMILES string of the molecule is CN(C)CC1Cc2ccc(Cl)cc2N(C(=O)[C@@H](Cc2c[nH]c3ccccc23)NC(=O)C2CCN(C(=O)c3ccccc3)CC2)C1. The fourth-order valence-electron chi connectivity index (χ4n) is 6.85. The van der Waals surface area contributed by atoms with Gasteiger partial charge in [0.2, 0.25) is 11.8 Å². The van der Waals surface area contributed by atoms with Gasteiger partial charge in [0.25, 0.3) is 5.91 Å². The molecule has 1 fully saturated rings. The highest BCUT2D eigenvalue weighted by atomic mass is 35.5. The molecular weight excluding hydrogens is 586 g/mol. The van der Waals surface area contributed by atoms with Crippen LogP contribution in [0.1, 0.15) is 34.3 Å². The average Bonchev–Trinajstić information content (AvgIpc) is 3.46. The minimum atomic E-state index is -0.773. The summed E-state index contributed by atoms with van der Waals surface area (Å²) in [5.41, 5.74) is 4.51. The molecule has 3 heterocycles. The Bertz CT molecular complexity index is 1680. The van der Waals surface area contributed by atoms with Crippen LogP contribution in [-0.4, -0.2) is 78.8 Å². The van der Waals surface area contributed by atoms with Crippen LogP contribution in [0.2, 0.25) is 5.02 Å². The van der Waals surface area contributed by atoms with Crippen molar-refractivity contribution in [2.24, 2.45) is 11.8 Å². The Morgan fingerprint density at radius 2 is 1.73 bits per heavy atom. The summed E-state index contributed by atoms with van der Waals surface area (Å²) < 4.78 is 0. The molecule has 3 amide bonds. The van der Waals surface area contributed by atoms with Crippen molar-refractivity contribution in [3.05, 3.63) is 101 Å². The van der Waals surface area contributed by atoms with Gasteiger partial charge in [-0.15, -0.1) is 0 Å². The van der Waals surface area contributed by atoms with E-state index in [1.54, 1.807) is 0 Å². The fraction of sp³-hybridized carbons (Fsp3) is 0.361. The lowest BCUT2D eigenvalue weighted by molar-refractivity contribution is -0.131. The van der Waals surface area contributed by atoms with E-state index in [0.29, 0.717) is 49.5 Å². The van der Waals surface area contributed by atoms with Gasteiger partial charge in [-0.05, 0) is 80.7 Å². The molecule has 0 saturated carbocycles. The van der Waals surface area contributed by atoms with Crippen LogP contribution in [0.25, 0.3) is 10.9 Å². The van der Waals surface area contributed by atoms with Crippen LogP contribution in [0.5, 0.6) is 0 Å². The van der Waals surface area contributed by atoms with Crippen molar-refractivity contribution >= 4 is 45.9 Å². The third-order valence-electron chi connectivity index (χ3n) is 9.06. The maximum Gasteiger partial charge on any atom is 0.253 e. The number of hydrogen-bond donors (Lipinski definition) is 2. The van der Waals surface area contributed by atoms with Crippen LogP contribution < -0.4 is 10.2 Å². The van der Waals surface area contributed by atoms with Crippen molar-refractivity contribution in [1.29, 1.82) is 0 Å². The van der Waals surface area contributed by atoms with E-state index >= 15 is 0 Å². The molecule has 3 aromatic carbocycles. The van der Waals surface area contributed by atoms with Gasteiger partial charge >= 0.3 is 0 Å². The van der Waals surface area contributed by atoms with E-state index in [2.05, 4.69) is 15.2 Å². The summed E-state index contributed by atoms with van der Waals surface area (Å²) >= 11 is 6.44. The molecule has 2 N–H and O–H groups in total. The number of amides is 3. The molecule has 0 bridgehead atoms. The Kier molecular flexibility index (Phi) is 9.24. The summed E-state index contributed by atoms with van der Waals surface area (Å²) in [6, 6.07) is 22.2. The molecule has 0 radical (unpaired) electrons. The first kappa shape index (κ1) is 30.9. The number of halogens is 1. The van der Waals surface area contributed by atoms with Gasteiger partial charge in [-0.2, -0.15) is 0 Å². The largest absolute Gasteiger partial charge is 0.361 e. The number of hydrogen-bond acceptors (Lipinski definition) is 4. The quantitative estimate of drug-likeness (QED) is 0.283. The smallest absolute Gasteiger partial charge is 0.253 e. The van der Waals surface area contributed by atoms with Gasteiger partial charge in [0.1, 0.15) is 6.04 Å². The van der Waals surface area contributed by atoms with E-state index in [-0.39, 0.29) is 29.6 Å². The topological polar surface area (TPSA) is 88.8 Å². The number of anilines is 1. The monoisotopic (exact) mass is 625 g/mol. The van der Waals surface area contributed by atoms with E-state index in [9.17, 15) is 14.4 Å². The third-order valence-corrected chi connectivity index (χ3v) is 9.30. The lowest BCUT2D eigenvalue weighted by Crippen LogP contribution is -2.54. The van der Waals surface area contributed by atoms with Crippen molar-refractivity contribution in [3.63, 3.8) is 0 Å². The number of fused-ring (bicyclic) bond motifs is 2. The van der Waals surface area contributed by atoms with Gasteiger partial charge in [0, 0.05) is 71.9 Å². The summed E-state index contributed by atoms with van der Waals surface area (Å²) in [6.07, 6.45) is 4.23. The Morgan fingerprint density at radius 3 is 2.49 bits per heavy atom. The van der Waals surface area contributed by atoms with E-state index in [1.807, 2.05) is 103 Å². The number of aromatic nitrogens is 1. The molecule has 8 nitrogen and oxygen atoms in total. The highest BCUT2D eigenvalue weighted by Gasteiger charge is 2.36. The predicted molar refractivity (Wildman–Crippen MR) is 179 cm³/mol. The highest BCUT2D eigenvalue weighted by Crippen LogP contribution is 2.34. The normalized spacial score (nSPS) is 17.7. The summed E-state index contributed by atoms with van der Waals surface area (Å²) in [6.45, 7) is 2.38. The van der Waals surface area contributed by atoms with E-state index in [4.69, 9.17) is 11.6 Å². The van der Waals surface area contributed by atoms with Gasteiger partial charge in [0.15, 0.2) is 0 Å². The van der Waals surface area contributed by atoms with Gasteiger partial charge in [0.05, 0.1) is 0 Å². The number of H-pyrrole nitrogens is 1. The molecular formula is C36H40ClN5O3. The van der Waals surface area contributed by atoms with Crippen LogP contribution in [0.4, 0.5) is 5.69 Å². The molecule has 1 unspecified atom stereocenters. The van der Waals surface area contributed by atoms with E-state index in [1.165, 1.54) is 0 Å². The maximum absolute atomic E-state index is 14.6. The number of rotatable bonds is 8. The van der Waals surface area contributed by atoms with Crippen LogP contribution in [-0.2, 0) is 22.4 Å². The molecule has 45 heavy (non-hydrogen) atoms. The highest BCUT2D eigenvalue weighted by molar-refractivity contribution is 6.31. The number of para-hydroxylation sites is 1. The molecule has 0 spiro atoms. The molecule has 2 atom stereocenters. The van der Waals surface area contributed by atoms with Gasteiger partial charge in [-0.3, -0.25) is 14.4 Å². The molecule has 234 valence electrons. The molecule has 1 aromatic heterocycles. The molecule has 6 rings (SSSR count). The summed E-state index contributed by atoms with van der Waals surface area (Å²) in [4.78, 5) is 50.5. The zero-order valence-corrected chi connectivity index (χ0v) is 26.6. The first-order chi connectivity index (χ1) is 21.8. The number of piperidine rings is 1. The number of aromatic amines is 1. The van der Waals surface area contributed by atoms with Crippen LogP contribution >= 0.6 is 11.6 Å². The number of nitrogens with zero attached hydrogens (tertiary/aromatic N) is 3. The summed E-state index contributed by atoms with van der Waals surface area (Å²) in [7, 11) is 4.09. The Balaban J connectivity index is 1.24. The second-order valence-electron chi connectivity index (χ2n) is 12.6. The lowest BCUT2D eigenvalue weighted by atomic mass is 9.90. The van der Waals surface area contributed by atoms with Crippen LogP contribution in [0.3, 0.4) is 0 Å². The number of carbonyl (C=O) groups is 3. The number of likely N-dealkylation sites (tertiary alicyclic amines) is 1. The van der Waals surface area contributed by atoms with Gasteiger partial charge in [-0.1, -0.05) is 54.1 Å². The number of carbonyl (C=O) groups excluding carboxylic acids is 3. The van der Waals surface area contributed by atoms with Crippen LogP contribution in [0.15, 0.2) is 79.0 Å². The molecule has 2 aliphatic rings. The van der Waals surface area contributed by atoms with E-state index < -0.39 is 6.04 Å². The molecule has 0 aliphatic carbocycles. The first-order valence-electron chi connectivity index (χ1n) is 15.7. The molecule has 2 aliphatic heterocycles. The average molecular weight is 626 g/mol. The Morgan fingerprint density at radius 1 is 1.00 bits per heavy atom. The second-order valence-corrected chi connectivity index (χ2v) is 13.0. The van der Waals surface area contributed by atoms with Gasteiger partial charge in [-0.25, -0.2) is 0 Å². The Hall–Kier alpha value is -4.14. The molecule has 4 aromatic rings. The van der Waals surface area contributed by atoms with Crippen molar-refractivity contribution < 1.29 is 14.4 Å². The zero-order valence-electron chi connectivity index (χ0n) is 25.8. The Labute approximate surface area is 269 Å². The molecule has 9 heteroatoms. The summed E-state index contributed by atoms with van der Waals surface area (Å²) in [5.74, 6) is -0.344. The molecule has 1 saturated heterocycles. The number of benzene rings is 3. The van der Waals surface area contributed by atoms with Crippen molar-refractivity contribution in [3.8, 4) is 0 Å². The number of nitrogens with one attached hydrogen (secondary N) is 2. The zero-order chi connectivity index (χ0) is 31.5. The maximum atomic E-state index is 14.6. The van der Waals surface area contributed by atoms with Crippen molar-refractivity contribution in [2.45, 2.75) is 31.7 Å². The van der Waals surface area contributed by atoms with E-state index in [0.717, 1.165) is 40.7 Å². The van der Waals surface area contributed by atoms with Crippen molar-refractivity contribution in [2.75, 3.05) is 45.2 Å². The van der Waals surface area contributed by atoms with Gasteiger partial charge < -0.3 is 25.0 Å².